The molecule has 1 rings (SSSR count). The summed E-state index contributed by atoms with van der Waals surface area (Å²) in [4.78, 5) is 11.6. The molecule has 0 atom stereocenters. The van der Waals surface area contributed by atoms with Crippen LogP contribution in [0.2, 0.25) is 0 Å². The van der Waals surface area contributed by atoms with Gasteiger partial charge in [-0.1, -0.05) is 0 Å². The van der Waals surface area contributed by atoms with Crippen molar-refractivity contribution in [2.24, 2.45) is 7.05 Å². The number of ether oxygens (including phenoxy) is 1. The van der Waals surface area contributed by atoms with Crippen molar-refractivity contribution in [1.82, 2.24) is 15.1 Å². The molecule has 0 aliphatic heterocycles. The number of hydrogen-bond acceptors (Lipinski definition) is 3. The Labute approximate surface area is 110 Å². The van der Waals surface area contributed by atoms with Gasteiger partial charge in [-0.05, 0) is 29.3 Å². The van der Waals surface area contributed by atoms with Gasteiger partial charge in [-0.3, -0.25) is 9.48 Å². The van der Waals surface area contributed by atoms with Crippen LogP contribution < -0.4 is 5.32 Å². The summed E-state index contributed by atoms with van der Waals surface area (Å²) in [5, 5.41) is 6.91. The van der Waals surface area contributed by atoms with Gasteiger partial charge < -0.3 is 10.1 Å². The van der Waals surface area contributed by atoms with Crippen LogP contribution in [0, 0.1) is 0 Å². The standard InChI is InChI=1S/C11H18BrN3O2/c1-3-17-6-4-5-13-10(16)7-9-8-14-15(2)11(9)12/h8H,3-7H2,1-2H3,(H,13,16). The molecule has 6 heteroatoms. The zero-order chi connectivity index (χ0) is 12.7. The van der Waals surface area contributed by atoms with Crippen LogP contribution in [0.1, 0.15) is 18.9 Å². The molecule has 0 saturated heterocycles. The van der Waals surface area contributed by atoms with Crippen LogP contribution in [0.3, 0.4) is 0 Å². The molecule has 0 fully saturated rings. The minimum Gasteiger partial charge on any atom is -0.382 e. The summed E-state index contributed by atoms with van der Waals surface area (Å²) in [6, 6.07) is 0. The minimum absolute atomic E-state index is 0.00944. The van der Waals surface area contributed by atoms with E-state index >= 15 is 0 Å². The summed E-state index contributed by atoms with van der Waals surface area (Å²) in [5.74, 6) is 0.00944. The van der Waals surface area contributed by atoms with Crippen molar-refractivity contribution in [2.45, 2.75) is 19.8 Å². The van der Waals surface area contributed by atoms with Crippen molar-refractivity contribution in [3.8, 4) is 0 Å². The SMILES string of the molecule is CCOCCCNC(=O)Cc1cnn(C)c1Br. The predicted octanol–water partition coefficient (Wildman–Crippen LogP) is 1.27. The molecule has 17 heavy (non-hydrogen) atoms. The second-order valence-electron chi connectivity index (χ2n) is 3.66. The van der Waals surface area contributed by atoms with E-state index in [-0.39, 0.29) is 5.91 Å². The lowest BCUT2D eigenvalue weighted by atomic mass is 10.2. The molecular weight excluding hydrogens is 286 g/mol. The lowest BCUT2D eigenvalue weighted by Gasteiger charge is -2.04. The van der Waals surface area contributed by atoms with Gasteiger partial charge >= 0.3 is 0 Å². The van der Waals surface area contributed by atoms with E-state index in [1.165, 1.54) is 0 Å². The molecule has 0 unspecified atom stereocenters. The first-order valence-electron chi connectivity index (χ1n) is 5.66. The van der Waals surface area contributed by atoms with E-state index < -0.39 is 0 Å². The molecule has 0 aliphatic carbocycles. The zero-order valence-corrected chi connectivity index (χ0v) is 11.8. The lowest BCUT2D eigenvalue weighted by molar-refractivity contribution is -0.120. The molecule has 0 saturated carbocycles. The Kier molecular flexibility index (Phi) is 6.21. The van der Waals surface area contributed by atoms with Crippen molar-refractivity contribution in [3.05, 3.63) is 16.4 Å². The van der Waals surface area contributed by atoms with Crippen molar-refractivity contribution >= 4 is 21.8 Å². The van der Waals surface area contributed by atoms with E-state index in [1.54, 1.807) is 10.9 Å². The van der Waals surface area contributed by atoms with Crippen molar-refractivity contribution in [1.29, 1.82) is 0 Å². The van der Waals surface area contributed by atoms with Gasteiger partial charge in [0.25, 0.3) is 0 Å². The number of nitrogens with zero attached hydrogens (tertiary/aromatic N) is 2. The number of halogens is 1. The van der Waals surface area contributed by atoms with E-state index in [4.69, 9.17) is 4.74 Å². The topological polar surface area (TPSA) is 56.1 Å². The van der Waals surface area contributed by atoms with Crippen LogP contribution in [0.5, 0.6) is 0 Å². The smallest absolute Gasteiger partial charge is 0.224 e. The van der Waals surface area contributed by atoms with E-state index in [9.17, 15) is 4.79 Å². The molecule has 1 heterocycles. The molecule has 1 aromatic rings. The van der Waals surface area contributed by atoms with E-state index in [0.717, 1.165) is 23.2 Å². The fourth-order valence-corrected chi connectivity index (χ4v) is 1.70. The molecule has 96 valence electrons. The average molecular weight is 304 g/mol. The Balaban J connectivity index is 2.23. The Bertz CT molecular complexity index is 366. The second-order valence-corrected chi connectivity index (χ2v) is 4.41. The van der Waals surface area contributed by atoms with Gasteiger partial charge in [0.2, 0.25) is 5.91 Å². The number of carbonyl (C=O) groups excluding carboxylic acids is 1. The highest BCUT2D eigenvalue weighted by atomic mass is 79.9. The third-order valence-corrected chi connectivity index (χ3v) is 3.30. The molecule has 5 nitrogen and oxygen atoms in total. The fraction of sp³-hybridized carbons (Fsp3) is 0.636. The van der Waals surface area contributed by atoms with Gasteiger partial charge in [-0.15, -0.1) is 0 Å². The lowest BCUT2D eigenvalue weighted by Crippen LogP contribution is -2.26. The van der Waals surface area contributed by atoms with Gasteiger partial charge in [0.05, 0.1) is 12.6 Å². The number of aromatic nitrogens is 2. The summed E-state index contributed by atoms with van der Waals surface area (Å²) in [5.41, 5.74) is 0.898. The monoisotopic (exact) mass is 303 g/mol. The summed E-state index contributed by atoms with van der Waals surface area (Å²) < 4.78 is 7.73. The minimum atomic E-state index is 0.00944. The Morgan fingerprint density at radius 1 is 1.65 bits per heavy atom. The van der Waals surface area contributed by atoms with Crippen LogP contribution in [-0.2, 0) is 23.0 Å². The van der Waals surface area contributed by atoms with E-state index in [0.29, 0.717) is 19.6 Å². The number of nitrogens with one attached hydrogen (secondary N) is 1. The Morgan fingerprint density at radius 2 is 2.41 bits per heavy atom. The normalized spacial score (nSPS) is 10.5. The van der Waals surface area contributed by atoms with E-state index in [2.05, 4.69) is 26.3 Å². The van der Waals surface area contributed by atoms with Crippen LogP contribution >= 0.6 is 15.9 Å². The third kappa shape index (κ3) is 4.87. The highest BCUT2D eigenvalue weighted by molar-refractivity contribution is 9.10. The number of hydrogen-bond donors (Lipinski definition) is 1. The van der Waals surface area contributed by atoms with Gasteiger partial charge in [0.15, 0.2) is 0 Å². The molecule has 1 amide bonds. The maximum atomic E-state index is 11.6. The average Bonchev–Trinajstić information content (AvgIpc) is 2.61. The maximum Gasteiger partial charge on any atom is 0.224 e. The fourth-order valence-electron chi connectivity index (χ4n) is 1.37. The molecule has 0 radical (unpaired) electrons. The summed E-state index contributed by atoms with van der Waals surface area (Å²) in [6.07, 6.45) is 2.89. The number of aryl methyl sites for hydroxylation is 1. The number of carbonyl (C=O) groups is 1. The molecule has 0 spiro atoms. The van der Waals surface area contributed by atoms with Crippen LogP contribution in [0.15, 0.2) is 10.8 Å². The van der Waals surface area contributed by atoms with Crippen molar-refractivity contribution < 1.29 is 9.53 Å². The number of amides is 1. The van der Waals surface area contributed by atoms with E-state index in [1.807, 2.05) is 14.0 Å². The Morgan fingerprint density at radius 3 is 3.00 bits per heavy atom. The van der Waals surface area contributed by atoms with Gasteiger partial charge in [-0.25, -0.2) is 0 Å². The quantitative estimate of drug-likeness (QED) is 0.772. The first-order chi connectivity index (χ1) is 8.15. The molecule has 1 aromatic heterocycles. The second kappa shape index (κ2) is 7.45. The summed E-state index contributed by atoms with van der Waals surface area (Å²) in [7, 11) is 1.83. The third-order valence-electron chi connectivity index (χ3n) is 2.28. The van der Waals surface area contributed by atoms with Crippen LogP contribution in [-0.4, -0.2) is 35.4 Å². The molecule has 0 aliphatic rings. The highest BCUT2D eigenvalue weighted by Crippen LogP contribution is 2.15. The highest BCUT2D eigenvalue weighted by Gasteiger charge is 2.09. The molecule has 0 aromatic carbocycles. The molecule has 1 N–H and O–H groups in total. The molecule has 0 bridgehead atoms. The summed E-state index contributed by atoms with van der Waals surface area (Å²) >= 11 is 3.38. The first kappa shape index (κ1) is 14.2. The van der Waals surface area contributed by atoms with Crippen LogP contribution in [0.4, 0.5) is 0 Å². The Hall–Kier alpha value is -0.880. The van der Waals surface area contributed by atoms with Crippen molar-refractivity contribution in [2.75, 3.05) is 19.8 Å². The first-order valence-corrected chi connectivity index (χ1v) is 6.45. The largest absolute Gasteiger partial charge is 0.382 e. The molecular formula is C11H18BrN3O2. The van der Waals surface area contributed by atoms with Crippen molar-refractivity contribution in [3.63, 3.8) is 0 Å². The van der Waals surface area contributed by atoms with Crippen LogP contribution in [0.25, 0.3) is 0 Å². The van der Waals surface area contributed by atoms with Gasteiger partial charge in [-0.2, -0.15) is 5.10 Å². The maximum absolute atomic E-state index is 11.6. The number of rotatable bonds is 7. The predicted molar refractivity (Wildman–Crippen MR) is 68.7 cm³/mol. The zero-order valence-electron chi connectivity index (χ0n) is 10.2. The van der Waals surface area contributed by atoms with Gasteiger partial charge in [0.1, 0.15) is 4.60 Å². The summed E-state index contributed by atoms with van der Waals surface area (Å²) in [6.45, 7) is 4.01. The van der Waals surface area contributed by atoms with Gasteiger partial charge in [0, 0.05) is 32.4 Å².